The molecule has 1 rings (SSSR count). The third-order valence-corrected chi connectivity index (χ3v) is 3.36. The van der Waals surface area contributed by atoms with Crippen LogP contribution < -0.4 is 10.6 Å². The summed E-state index contributed by atoms with van der Waals surface area (Å²) in [5.41, 5.74) is 1.71. The van der Waals surface area contributed by atoms with Crippen LogP contribution in [0.15, 0.2) is 24.3 Å². The van der Waals surface area contributed by atoms with E-state index in [1.165, 1.54) is 0 Å². The van der Waals surface area contributed by atoms with E-state index in [0.29, 0.717) is 17.4 Å². The summed E-state index contributed by atoms with van der Waals surface area (Å²) in [4.78, 5) is 11.7. The Morgan fingerprint density at radius 1 is 1.38 bits per heavy atom. The smallest absolute Gasteiger partial charge is 0.251 e. The molecular weight excluding hydrogens is 220 g/mol. The fraction of sp³-hybridized carbons (Fsp3) is 0.417. The lowest BCUT2D eigenvalue weighted by molar-refractivity contribution is 0.0954. The van der Waals surface area contributed by atoms with Crippen molar-refractivity contribution >= 4 is 23.4 Å². The van der Waals surface area contributed by atoms with Crippen molar-refractivity contribution in [3.63, 3.8) is 0 Å². The van der Waals surface area contributed by atoms with Crippen molar-refractivity contribution in [2.45, 2.75) is 12.2 Å². The maximum atomic E-state index is 11.7. The van der Waals surface area contributed by atoms with Crippen molar-refractivity contribution in [3.8, 4) is 0 Å². The first-order chi connectivity index (χ1) is 7.67. The summed E-state index contributed by atoms with van der Waals surface area (Å²) >= 11 is 1.74. The number of thioether (sulfide) groups is 1. The lowest BCUT2D eigenvalue weighted by Crippen LogP contribution is -2.29. The summed E-state index contributed by atoms with van der Waals surface area (Å²) in [5.74, 6) is -0.0106. The molecule has 0 spiro atoms. The molecule has 0 fully saturated rings. The number of hydrogen-bond donors (Lipinski definition) is 2. The molecule has 16 heavy (non-hydrogen) atoms. The molecule has 0 saturated carbocycles. The Morgan fingerprint density at radius 3 is 2.50 bits per heavy atom. The second-order valence-electron chi connectivity index (χ2n) is 3.58. The number of carbonyl (C=O) groups is 1. The van der Waals surface area contributed by atoms with E-state index in [1.807, 2.05) is 37.6 Å². The molecule has 0 bridgehead atoms. The Kier molecular flexibility index (Phi) is 5.19. The van der Waals surface area contributed by atoms with Crippen LogP contribution in [-0.4, -0.2) is 31.0 Å². The summed E-state index contributed by atoms with van der Waals surface area (Å²) in [7, 11) is 1.86. The zero-order valence-corrected chi connectivity index (χ0v) is 10.7. The Morgan fingerprint density at radius 2 is 2.00 bits per heavy atom. The average molecular weight is 238 g/mol. The molecule has 1 atom stereocenters. The number of nitrogens with one attached hydrogen (secondary N) is 2. The largest absolute Gasteiger partial charge is 0.388 e. The lowest BCUT2D eigenvalue weighted by atomic mass is 10.2. The van der Waals surface area contributed by atoms with Crippen LogP contribution in [0.3, 0.4) is 0 Å². The molecule has 1 unspecified atom stereocenters. The van der Waals surface area contributed by atoms with Crippen molar-refractivity contribution in [1.82, 2.24) is 5.32 Å². The maximum Gasteiger partial charge on any atom is 0.251 e. The zero-order valence-electron chi connectivity index (χ0n) is 9.91. The van der Waals surface area contributed by atoms with E-state index in [1.54, 1.807) is 11.8 Å². The molecule has 88 valence electrons. The molecule has 2 N–H and O–H groups in total. The molecule has 0 aromatic heterocycles. The van der Waals surface area contributed by atoms with Crippen LogP contribution in [0.5, 0.6) is 0 Å². The Balaban J connectivity index is 2.52. The van der Waals surface area contributed by atoms with Gasteiger partial charge in [0.1, 0.15) is 0 Å². The summed E-state index contributed by atoms with van der Waals surface area (Å²) < 4.78 is 0. The van der Waals surface area contributed by atoms with E-state index in [-0.39, 0.29) is 5.91 Å². The van der Waals surface area contributed by atoms with Gasteiger partial charge in [-0.05, 0) is 30.5 Å². The number of benzene rings is 1. The van der Waals surface area contributed by atoms with Gasteiger partial charge in [0, 0.05) is 30.1 Å². The summed E-state index contributed by atoms with van der Waals surface area (Å²) in [5, 5.41) is 6.37. The summed E-state index contributed by atoms with van der Waals surface area (Å²) in [6, 6.07) is 7.44. The summed E-state index contributed by atoms with van der Waals surface area (Å²) in [6.07, 6.45) is 2.04. The van der Waals surface area contributed by atoms with Gasteiger partial charge in [0.25, 0.3) is 5.91 Å². The van der Waals surface area contributed by atoms with E-state index in [9.17, 15) is 4.79 Å². The number of hydrogen-bond acceptors (Lipinski definition) is 3. The predicted molar refractivity (Wildman–Crippen MR) is 71.3 cm³/mol. The second kappa shape index (κ2) is 6.43. The van der Waals surface area contributed by atoms with Crippen LogP contribution >= 0.6 is 11.8 Å². The van der Waals surface area contributed by atoms with Crippen LogP contribution in [0.2, 0.25) is 0 Å². The third-order valence-electron chi connectivity index (χ3n) is 2.39. The van der Waals surface area contributed by atoms with E-state index in [4.69, 9.17) is 0 Å². The van der Waals surface area contributed by atoms with Gasteiger partial charge in [-0.2, -0.15) is 11.8 Å². The number of anilines is 1. The molecule has 1 aromatic rings. The van der Waals surface area contributed by atoms with Crippen LogP contribution in [0.4, 0.5) is 5.69 Å². The first kappa shape index (κ1) is 12.9. The van der Waals surface area contributed by atoms with Crippen LogP contribution in [-0.2, 0) is 0 Å². The van der Waals surface area contributed by atoms with E-state index >= 15 is 0 Å². The first-order valence-electron chi connectivity index (χ1n) is 5.26. The van der Waals surface area contributed by atoms with Crippen molar-refractivity contribution in [3.05, 3.63) is 29.8 Å². The Labute approximate surface area is 101 Å². The molecule has 0 aliphatic carbocycles. The van der Waals surface area contributed by atoms with Crippen LogP contribution in [0.1, 0.15) is 17.3 Å². The predicted octanol–water partition coefficient (Wildman–Crippen LogP) is 2.21. The monoisotopic (exact) mass is 238 g/mol. The van der Waals surface area contributed by atoms with E-state index in [0.717, 1.165) is 5.69 Å². The van der Waals surface area contributed by atoms with Crippen molar-refractivity contribution in [2.75, 3.05) is 25.2 Å². The third kappa shape index (κ3) is 3.77. The van der Waals surface area contributed by atoms with Gasteiger partial charge >= 0.3 is 0 Å². The van der Waals surface area contributed by atoms with Gasteiger partial charge < -0.3 is 10.6 Å². The van der Waals surface area contributed by atoms with Gasteiger partial charge in [-0.1, -0.05) is 6.92 Å². The van der Waals surface area contributed by atoms with Crippen molar-refractivity contribution in [1.29, 1.82) is 0 Å². The highest BCUT2D eigenvalue weighted by Crippen LogP contribution is 2.09. The van der Waals surface area contributed by atoms with Gasteiger partial charge in [-0.3, -0.25) is 4.79 Å². The Bertz CT molecular complexity index is 337. The molecule has 0 aliphatic rings. The first-order valence-corrected chi connectivity index (χ1v) is 6.55. The standard InChI is InChI=1S/C12H18N2OS/c1-9(16-3)8-14-12(15)10-4-6-11(13-2)7-5-10/h4-7,9,13H,8H2,1-3H3,(H,14,15). The van der Waals surface area contributed by atoms with Gasteiger partial charge in [-0.15, -0.1) is 0 Å². The molecule has 1 amide bonds. The number of rotatable bonds is 5. The normalized spacial score (nSPS) is 11.9. The van der Waals surface area contributed by atoms with Gasteiger partial charge in [0.2, 0.25) is 0 Å². The van der Waals surface area contributed by atoms with E-state index in [2.05, 4.69) is 17.6 Å². The fourth-order valence-electron chi connectivity index (χ4n) is 1.21. The summed E-state index contributed by atoms with van der Waals surface area (Å²) in [6.45, 7) is 2.79. The maximum absolute atomic E-state index is 11.7. The molecule has 0 aliphatic heterocycles. The molecule has 3 nitrogen and oxygen atoms in total. The van der Waals surface area contributed by atoms with Crippen molar-refractivity contribution < 1.29 is 4.79 Å². The lowest BCUT2D eigenvalue weighted by Gasteiger charge is -2.10. The second-order valence-corrected chi connectivity index (χ2v) is 4.86. The molecule has 0 heterocycles. The number of amides is 1. The van der Waals surface area contributed by atoms with Gasteiger partial charge in [0.15, 0.2) is 0 Å². The van der Waals surface area contributed by atoms with Crippen LogP contribution in [0, 0.1) is 0 Å². The highest BCUT2D eigenvalue weighted by atomic mass is 32.2. The minimum Gasteiger partial charge on any atom is -0.388 e. The topological polar surface area (TPSA) is 41.1 Å². The molecule has 0 saturated heterocycles. The van der Waals surface area contributed by atoms with Crippen molar-refractivity contribution in [2.24, 2.45) is 0 Å². The fourth-order valence-corrected chi connectivity index (χ4v) is 1.46. The molecular formula is C12H18N2OS. The Hall–Kier alpha value is -1.16. The van der Waals surface area contributed by atoms with Gasteiger partial charge in [-0.25, -0.2) is 0 Å². The quantitative estimate of drug-likeness (QED) is 0.826. The van der Waals surface area contributed by atoms with Crippen LogP contribution in [0.25, 0.3) is 0 Å². The minimum atomic E-state index is -0.0106. The average Bonchev–Trinajstić information content (AvgIpc) is 2.35. The SMILES string of the molecule is CNc1ccc(C(=O)NCC(C)SC)cc1. The van der Waals surface area contributed by atoms with Gasteiger partial charge in [0.05, 0.1) is 0 Å². The minimum absolute atomic E-state index is 0.0106. The highest BCUT2D eigenvalue weighted by molar-refractivity contribution is 7.99. The highest BCUT2D eigenvalue weighted by Gasteiger charge is 2.06. The molecule has 1 aromatic carbocycles. The zero-order chi connectivity index (χ0) is 12.0. The van der Waals surface area contributed by atoms with E-state index < -0.39 is 0 Å². The molecule has 0 radical (unpaired) electrons. The molecule has 4 heteroatoms. The number of carbonyl (C=O) groups excluding carboxylic acids is 1.